The van der Waals surface area contributed by atoms with Crippen LogP contribution >= 0.6 is 0 Å². The molecule has 7 nitrogen and oxygen atoms in total. The summed E-state index contributed by atoms with van der Waals surface area (Å²) < 4.78 is 12.7. The van der Waals surface area contributed by atoms with E-state index in [1.165, 1.54) is 16.7 Å². The van der Waals surface area contributed by atoms with Gasteiger partial charge in [-0.2, -0.15) is 5.26 Å². The zero-order valence-corrected chi connectivity index (χ0v) is 24.0. The van der Waals surface area contributed by atoms with E-state index < -0.39 is 5.41 Å². The Morgan fingerprint density at radius 1 is 1.10 bits per heavy atom. The molecule has 8 rings (SSSR count). The molecule has 2 bridgehead atoms. The molecule has 1 N–H and O–H groups in total. The molecule has 4 atom stereocenters. The number of carbonyl (C=O) groups is 1. The van der Waals surface area contributed by atoms with E-state index in [2.05, 4.69) is 42.1 Å². The number of piperidine rings is 2. The van der Waals surface area contributed by atoms with Crippen LogP contribution in [-0.4, -0.2) is 60.5 Å². The number of amides is 1. The number of likely N-dealkylation sites (tertiary alicyclic amines) is 2. The molecular formula is C34H36N4O3. The Morgan fingerprint density at radius 2 is 1.88 bits per heavy atom. The van der Waals surface area contributed by atoms with Gasteiger partial charge in [0.05, 0.1) is 24.3 Å². The summed E-state index contributed by atoms with van der Waals surface area (Å²) >= 11 is 0. The number of fused-ring (bicyclic) bond motifs is 2. The predicted molar refractivity (Wildman–Crippen MR) is 154 cm³/mol. The van der Waals surface area contributed by atoms with Crippen LogP contribution in [0.1, 0.15) is 69.4 Å². The molecular weight excluding hydrogens is 512 g/mol. The van der Waals surface area contributed by atoms with Gasteiger partial charge < -0.3 is 24.3 Å². The lowest BCUT2D eigenvalue weighted by atomic mass is 9.51. The van der Waals surface area contributed by atoms with Gasteiger partial charge in [-0.25, -0.2) is 0 Å². The molecule has 2 fully saturated rings. The first-order valence-electron chi connectivity index (χ1n) is 15.0. The third-order valence-electron chi connectivity index (χ3n) is 11.4. The Kier molecular flexibility index (Phi) is 5.26. The highest BCUT2D eigenvalue weighted by Gasteiger charge is 2.65. The summed E-state index contributed by atoms with van der Waals surface area (Å²) in [4.78, 5) is 22.2. The molecule has 7 heteroatoms. The largest absolute Gasteiger partial charge is 0.493 e. The van der Waals surface area contributed by atoms with Crippen LogP contribution in [0.2, 0.25) is 0 Å². The van der Waals surface area contributed by atoms with Gasteiger partial charge in [-0.05, 0) is 86.9 Å². The number of nitriles is 1. The van der Waals surface area contributed by atoms with Crippen LogP contribution in [0, 0.1) is 24.2 Å². The average molecular weight is 549 g/mol. The van der Waals surface area contributed by atoms with E-state index in [1.807, 2.05) is 35.2 Å². The summed E-state index contributed by atoms with van der Waals surface area (Å²) in [6.07, 6.45) is 4.13. The van der Waals surface area contributed by atoms with Gasteiger partial charge in [-0.3, -0.25) is 4.79 Å². The lowest BCUT2D eigenvalue weighted by Crippen LogP contribution is -2.62. The van der Waals surface area contributed by atoms with Gasteiger partial charge in [0.2, 0.25) is 0 Å². The normalized spacial score (nSPS) is 28.7. The number of hydrogen-bond donors (Lipinski definition) is 1. The minimum atomic E-state index is -0.541. The van der Waals surface area contributed by atoms with Crippen LogP contribution in [0.5, 0.6) is 11.5 Å². The van der Waals surface area contributed by atoms with Gasteiger partial charge in [0.15, 0.2) is 11.5 Å². The zero-order chi connectivity index (χ0) is 28.1. The molecule has 3 aromatic rings. The smallest absolute Gasteiger partial charge is 0.270 e. The molecule has 1 amide bonds. The molecule has 3 aliphatic heterocycles. The molecule has 1 unspecified atom stereocenters. The first kappa shape index (κ1) is 25.0. The van der Waals surface area contributed by atoms with Gasteiger partial charge in [0, 0.05) is 30.1 Å². The number of nitrogens with one attached hydrogen (secondary N) is 1. The Bertz CT molecular complexity index is 1610. The highest BCUT2D eigenvalue weighted by molar-refractivity contribution is 5.95. The second kappa shape index (κ2) is 8.62. The maximum Gasteiger partial charge on any atom is 0.270 e. The highest BCUT2D eigenvalue weighted by atomic mass is 16.5. The van der Waals surface area contributed by atoms with Gasteiger partial charge in [-0.1, -0.05) is 36.4 Å². The van der Waals surface area contributed by atoms with Gasteiger partial charge in [0.25, 0.3) is 5.91 Å². The SMILES string of the molecule is COc1ccc2c3c1O[C@H]1c4[nH]c(C(=O)N5CCC(C#N)(c6ccccc6)CC5)c(C)c4C[C@H]4[C@@H](C2)N(C)CCC314. The van der Waals surface area contributed by atoms with E-state index in [4.69, 9.17) is 9.47 Å². The monoisotopic (exact) mass is 548 g/mol. The van der Waals surface area contributed by atoms with Crippen LogP contribution in [-0.2, 0) is 23.7 Å². The maximum atomic E-state index is 14.1. The molecule has 210 valence electrons. The molecule has 41 heavy (non-hydrogen) atoms. The summed E-state index contributed by atoms with van der Waals surface area (Å²) in [5, 5.41) is 10.1. The first-order chi connectivity index (χ1) is 19.9. The average Bonchev–Trinajstić information content (AvgIpc) is 3.53. The maximum absolute atomic E-state index is 14.1. The van der Waals surface area contributed by atoms with E-state index in [9.17, 15) is 10.1 Å². The first-order valence-corrected chi connectivity index (χ1v) is 15.0. The predicted octanol–water partition coefficient (Wildman–Crippen LogP) is 4.83. The summed E-state index contributed by atoms with van der Waals surface area (Å²) in [6, 6.07) is 17.4. The number of likely N-dealkylation sites (N-methyl/N-ethyl adjacent to an activating group) is 1. The Hall–Kier alpha value is -3.76. The lowest BCUT2D eigenvalue weighted by molar-refractivity contribution is -0.0256. The second-order valence-electron chi connectivity index (χ2n) is 12.9. The fourth-order valence-corrected chi connectivity index (χ4v) is 9.12. The molecule has 2 aromatic carbocycles. The minimum absolute atomic E-state index is 0.0332. The van der Waals surface area contributed by atoms with Crippen molar-refractivity contribution in [2.75, 3.05) is 33.8 Å². The number of methoxy groups -OCH3 is 1. The minimum Gasteiger partial charge on any atom is -0.493 e. The Labute approximate surface area is 241 Å². The molecule has 2 saturated heterocycles. The van der Waals surface area contributed by atoms with Crippen LogP contribution in [0.3, 0.4) is 0 Å². The number of aromatic amines is 1. The van der Waals surface area contributed by atoms with Gasteiger partial charge >= 0.3 is 0 Å². The number of H-pyrrole nitrogens is 1. The van der Waals surface area contributed by atoms with Gasteiger partial charge in [0.1, 0.15) is 11.8 Å². The molecule has 4 heterocycles. The third kappa shape index (κ3) is 3.14. The molecule has 1 aromatic heterocycles. The second-order valence-corrected chi connectivity index (χ2v) is 12.9. The van der Waals surface area contributed by atoms with Crippen LogP contribution in [0.25, 0.3) is 0 Å². The van der Waals surface area contributed by atoms with Crippen molar-refractivity contribution in [2.24, 2.45) is 5.92 Å². The summed E-state index contributed by atoms with van der Waals surface area (Å²) in [7, 11) is 3.98. The van der Waals surface area contributed by atoms with E-state index in [-0.39, 0.29) is 17.4 Å². The molecule has 1 spiro atoms. The number of benzene rings is 2. The van der Waals surface area contributed by atoms with E-state index in [0.29, 0.717) is 43.6 Å². The van der Waals surface area contributed by atoms with E-state index in [0.717, 1.165) is 54.1 Å². The van der Waals surface area contributed by atoms with Crippen molar-refractivity contribution in [3.63, 3.8) is 0 Å². The summed E-state index contributed by atoms with van der Waals surface area (Å²) in [5.74, 6) is 2.17. The fraction of sp³-hybridized carbons (Fsp3) is 0.471. The van der Waals surface area contributed by atoms with Gasteiger partial charge in [-0.15, -0.1) is 0 Å². The lowest BCUT2D eigenvalue weighted by Gasteiger charge is -2.57. The van der Waals surface area contributed by atoms with Crippen molar-refractivity contribution in [3.8, 4) is 17.6 Å². The van der Waals surface area contributed by atoms with Crippen molar-refractivity contribution >= 4 is 5.91 Å². The third-order valence-corrected chi connectivity index (χ3v) is 11.4. The standard InChI is InChI=1S/C34H36N4O3/c1-20-23-18-24-25-17-21-9-10-26(40-3)30-27(21)34(24,13-14-37(25)2)31(41-30)29(23)36-28(20)32(39)38-15-11-33(19-35,12-16-38)22-7-5-4-6-8-22/h4-10,24-25,31,36H,11-18H2,1-3H3/t24-,25+,31-,34?/m0/s1. The fourth-order valence-electron chi connectivity index (χ4n) is 9.12. The molecule has 0 saturated carbocycles. The molecule has 2 aliphatic carbocycles. The number of rotatable bonds is 3. The summed E-state index contributed by atoms with van der Waals surface area (Å²) in [5.41, 5.74) is 7.20. The summed E-state index contributed by atoms with van der Waals surface area (Å²) in [6.45, 7) is 4.27. The Morgan fingerprint density at radius 3 is 2.61 bits per heavy atom. The van der Waals surface area contributed by atoms with Crippen molar-refractivity contribution in [2.45, 2.75) is 62.0 Å². The molecule has 0 radical (unpaired) electrons. The van der Waals surface area contributed by atoms with E-state index >= 15 is 0 Å². The number of nitrogens with zero attached hydrogens (tertiary/aromatic N) is 3. The quantitative estimate of drug-likeness (QED) is 0.507. The van der Waals surface area contributed by atoms with Crippen LogP contribution in [0.4, 0.5) is 0 Å². The van der Waals surface area contributed by atoms with E-state index in [1.54, 1.807) is 7.11 Å². The van der Waals surface area contributed by atoms with Crippen LogP contribution < -0.4 is 9.47 Å². The van der Waals surface area contributed by atoms with Crippen molar-refractivity contribution in [1.29, 1.82) is 5.26 Å². The number of aromatic nitrogens is 1. The van der Waals surface area contributed by atoms with Crippen molar-refractivity contribution in [3.05, 3.63) is 81.7 Å². The Balaban J connectivity index is 1.16. The number of carbonyl (C=O) groups excluding carboxylic acids is 1. The molecule has 5 aliphatic rings. The van der Waals surface area contributed by atoms with Crippen molar-refractivity contribution in [1.82, 2.24) is 14.8 Å². The number of hydrogen-bond acceptors (Lipinski definition) is 5. The topological polar surface area (TPSA) is 81.6 Å². The highest BCUT2D eigenvalue weighted by Crippen LogP contribution is 2.67. The zero-order valence-electron chi connectivity index (χ0n) is 24.0. The van der Waals surface area contributed by atoms with Crippen molar-refractivity contribution < 1.29 is 14.3 Å². The van der Waals surface area contributed by atoms with Crippen LogP contribution in [0.15, 0.2) is 42.5 Å². The number of ether oxygens (including phenoxy) is 2.